The summed E-state index contributed by atoms with van der Waals surface area (Å²) < 4.78 is 5.50. The Hall–Kier alpha value is -3.35. The molecule has 3 aromatic carbocycles. The van der Waals surface area contributed by atoms with E-state index in [1.807, 2.05) is 78.9 Å². The number of benzene rings is 3. The molecule has 30 heavy (non-hydrogen) atoms. The predicted octanol–water partition coefficient (Wildman–Crippen LogP) is 3.38. The Kier molecular flexibility index (Phi) is 5.98. The minimum Gasteiger partial charge on any atom is -0.464 e. The molecule has 6 heteroatoms. The second kappa shape index (κ2) is 8.99. The molecular formula is C24H22BNO4. The molecule has 4 rings (SSSR count). The van der Waals surface area contributed by atoms with Gasteiger partial charge < -0.3 is 19.8 Å². The van der Waals surface area contributed by atoms with Crippen molar-refractivity contribution in [3.8, 4) is 11.1 Å². The number of carbonyl (C=O) groups excluding carboxylic acids is 1. The van der Waals surface area contributed by atoms with Gasteiger partial charge in [-0.05, 0) is 34.7 Å². The molecule has 0 unspecified atom stereocenters. The molecule has 0 aliphatic rings. The summed E-state index contributed by atoms with van der Waals surface area (Å²) in [5.74, 6) is -1.10. The van der Waals surface area contributed by atoms with Crippen LogP contribution in [-0.2, 0) is 17.6 Å². The average Bonchev–Trinajstić information content (AvgIpc) is 3.17. The van der Waals surface area contributed by atoms with Crippen molar-refractivity contribution in [3.05, 3.63) is 96.3 Å². The first kappa shape index (κ1) is 19.9. The molecule has 0 fully saturated rings. The number of hydrogen-bond donors (Lipinski definition) is 3. The van der Waals surface area contributed by atoms with E-state index in [1.54, 1.807) is 6.26 Å². The Labute approximate surface area is 175 Å². The molecule has 1 atom stereocenters. The molecule has 150 valence electrons. The van der Waals surface area contributed by atoms with Crippen molar-refractivity contribution in [1.29, 1.82) is 0 Å². The van der Waals surface area contributed by atoms with Gasteiger partial charge in [-0.25, -0.2) is 0 Å². The second-order valence-corrected chi connectivity index (χ2v) is 7.29. The average molecular weight is 399 g/mol. The minimum atomic E-state index is -1.68. The van der Waals surface area contributed by atoms with Gasteiger partial charge in [0.05, 0.1) is 18.6 Å². The van der Waals surface area contributed by atoms with Gasteiger partial charge in [-0.1, -0.05) is 72.8 Å². The zero-order chi connectivity index (χ0) is 20.9. The Morgan fingerprint density at radius 3 is 2.30 bits per heavy atom. The van der Waals surface area contributed by atoms with Crippen molar-refractivity contribution in [2.75, 3.05) is 0 Å². The highest BCUT2D eigenvalue weighted by molar-refractivity contribution is 6.43. The first-order chi connectivity index (χ1) is 14.6. The van der Waals surface area contributed by atoms with E-state index in [0.29, 0.717) is 0 Å². The van der Waals surface area contributed by atoms with E-state index in [0.717, 1.165) is 33.2 Å². The van der Waals surface area contributed by atoms with Crippen LogP contribution in [0.5, 0.6) is 0 Å². The summed E-state index contributed by atoms with van der Waals surface area (Å²) in [6.07, 6.45) is 2.01. The normalized spacial score (nSPS) is 11.9. The van der Waals surface area contributed by atoms with Crippen LogP contribution in [0.25, 0.3) is 22.1 Å². The molecule has 0 saturated heterocycles. The quantitative estimate of drug-likeness (QED) is 0.416. The Balaban J connectivity index is 1.41. The Morgan fingerprint density at radius 1 is 0.900 bits per heavy atom. The largest absolute Gasteiger partial charge is 0.475 e. The zero-order valence-electron chi connectivity index (χ0n) is 16.4. The summed E-state index contributed by atoms with van der Waals surface area (Å²) in [6, 6.07) is 25.3. The molecule has 0 bridgehead atoms. The van der Waals surface area contributed by atoms with Crippen LogP contribution in [0.3, 0.4) is 0 Å². The first-order valence-corrected chi connectivity index (χ1v) is 9.85. The van der Waals surface area contributed by atoms with Crippen LogP contribution < -0.4 is 5.32 Å². The van der Waals surface area contributed by atoms with E-state index in [1.165, 1.54) is 0 Å². The summed E-state index contributed by atoms with van der Waals surface area (Å²) in [7, 11) is -1.68. The number of fused-ring (bicyclic) bond motifs is 1. The van der Waals surface area contributed by atoms with Gasteiger partial charge in [0.1, 0.15) is 5.58 Å². The van der Waals surface area contributed by atoms with Crippen LogP contribution in [0.1, 0.15) is 11.1 Å². The van der Waals surface area contributed by atoms with E-state index in [-0.39, 0.29) is 18.7 Å². The second-order valence-electron chi connectivity index (χ2n) is 7.29. The number of hydrogen-bond acceptors (Lipinski definition) is 4. The lowest BCUT2D eigenvalue weighted by molar-refractivity contribution is -0.120. The van der Waals surface area contributed by atoms with Gasteiger partial charge in [0, 0.05) is 5.39 Å². The molecule has 1 heterocycles. The molecule has 1 amide bonds. The van der Waals surface area contributed by atoms with Gasteiger partial charge in [-0.3, -0.25) is 4.79 Å². The van der Waals surface area contributed by atoms with Crippen LogP contribution in [0.15, 0.2) is 89.5 Å². The van der Waals surface area contributed by atoms with Crippen LogP contribution >= 0.6 is 0 Å². The van der Waals surface area contributed by atoms with Gasteiger partial charge in [-0.15, -0.1) is 0 Å². The van der Waals surface area contributed by atoms with E-state index >= 15 is 0 Å². The molecular weight excluding hydrogens is 377 g/mol. The maximum absolute atomic E-state index is 12.5. The summed E-state index contributed by atoms with van der Waals surface area (Å²) in [6.45, 7) is 0. The van der Waals surface area contributed by atoms with Crippen molar-refractivity contribution >= 4 is 24.0 Å². The topological polar surface area (TPSA) is 82.7 Å². The molecule has 0 spiro atoms. The lowest BCUT2D eigenvalue weighted by Gasteiger charge is -2.17. The van der Waals surface area contributed by atoms with E-state index in [2.05, 4.69) is 5.32 Å². The molecule has 0 radical (unpaired) electrons. The number of rotatable bonds is 7. The number of carbonyl (C=O) groups is 1. The zero-order valence-corrected chi connectivity index (χ0v) is 16.4. The minimum absolute atomic E-state index is 0.157. The van der Waals surface area contributed by atoms with Crippen LogP contribution in [0, 0.1) is 0 Å². The fourth-order valence-electron chi connectivity index (χ4n) is 3.55. The van der Waals surface area contributed by atoms with Crippen molar-refractivity contribution in [3.63, 3.8) is 0 Å². The number of nitrogens with one attached hydrogen (secondary N) is 1. The Bertz CT molecular complexity index is 1120. The van der Waals surface area contributed by atoms with Crippen LogP contribution in [0.2, 0.25) is 0 Å². The molecule has 4 aromatic rings. The number of para-hydroxylation sites is 1. The highest BCUT2D eigenvalue weighted by Gasteiger charge is 2.27. The fraction of sp³-hybridized carbons (Fsp3) is 0.125. The summed E-state index contributed by atoms with van der Waals surface area (Å²) in [5.41, 5.74) is 4.59. The highest BCUT2D eigenvalue weighted by atomic mass is 16.4. The van der Waals surface area contributed by atoms with Gasteiger partial charge in [-0.2, -0.15) is 0 Å². The molecule has 0 aliphatic carbocycles. The molecule has 1 aromatic heterocycles. The Morgan fingerprint density at radius 2 is 1.57 bits per heavy atom. The first-order valence-electron chi connectivity index (χ1n) is 9.85. The summed E-state index contributed by atoms with van der Waals surface area (Å²) in [4.78, 5) is 12.5. The lowest BCUT2D eigenvalue weighted by atomic mass is 9.75. The highest BCUT2D eigenvalue weighted by Crippen LogP contribution is 2.22. The monoisotopic (exact) mass is 399 g/mol. The summed E-state index contributed by atoms with van der Waals surface area (Å²) in [5, 5.41) is 23.2. The third kappa shape index (κ3) is 4.62. The van der Waals surface area contributed by atoms with E-state index in [9.17, 15) is 14.8 Å². The van der Waals surface area contributed by atoms with Crippen molar-refractivity contribution in [1.82, 2.24) is 5.32 Å². The SMILES string of the molecule is O=C(Cc1ccc(-c2ccccc2)cc1)N[C@H](Cc1coc2ccccc12)B(O)O. The van der Waals surface area contributed by atoms with Gasteiger partial charge in [0.25, 0.3) is 0 Å². The molecule has 5 nitrogen and oxygen atoms in total. The number of furan rings is 1. The van der Waals surface area contributed by atoms with Crippen LogP contribution in [-0.4, -0.2) is 29.0 Å². The van der Waals surface area contributed by atoms with Crippen molar-refractivity contribution in [2.45, 2.75) is 18.8 Å². The van der Waals surface area contributed by atoms with Gasteiger partial charge in [0.2, 0.25) is 5.91 Å². The molecule has 0 aliphatic heterocycles. The third-order valence-electron chi connectivity index (χ3n) is 5.13. The third-order valence-corrected chi connectivity index (χ3v) is 5.13. The lowest BCUT2D eigenvalue weighted by Crippen LogP contribution is -2.48. The predicted molar refractivity (Wildman–Crippen MR) is 118 cm³/mol. The molecule has 3 N–H and O–H groups in total. The smallest absolute Gasteiger partial charge is 0.464 e. The standard InChI is InChI=1S/C24H22BNO4/c27-24(14-17-10-12-19(13-11-17)18-6-2-1-3-7-18)26-23(25(28)29)15-20-16-30-22-9-5-4-8-21(20)22/h1-13,16,23,28-29H,14-15H2,(H,26,27)/t23-/m1/s1. The van der Waals surface area contributed by atoms with E-state index < -0.39 is 13.1 Å². The van der Waals surface area contributed by atoms with Crippen LogP contribution in [0.4, 0.5) is 0 Å². The maximum atomic E-state index is 12.5. The molecule has 0 saturated carbocycles. The van der Waals surface area contributed by atoms with Crippen molar-refractivity contribution < 1.29 is 19.3 Å². The fourth-order valence-corrected chi connectivity index (χ4v) is 3.55. The van der Waals surface area contributed by atoms with Crippen molar-refractivity contribution in [2.24, 2.45) is 0 Å². The maximum Gasteiger partial charge on any atom is 0.475 e. The van der Waals surface area contributed by atoms with Gasteiger partial charge >= 0.3 is 7.12 Å². The summed E-state index contributed by atoms with van der Waals surface area (Å²) >= 11 is 0. The van der Waals surface area contributed by atoms with Gasteiger partial charge in [0.15, 0.2) is 0 Å². The number of amides is 1. The van der Waals surface area contributed by atoms with E-state index in [4.69, 9.17) is 4.42 Å².